The first kappa shape index (κ1) is 21.4. The summed E-state index contributed by atoms with van der Waals surface area (Å²) >= 11 is 5.63. The lowest BCUT2D eigenvalue weighted by molar-refractivity contribution is 0.0854. The maximum Gasteiger partial charge on any atom is 0.173 e. The molecule has 1 aliphatic rings. The van der Waals surface area contributed by atoms with Crippen molar-refractivity contribution >= 4 is 23.0 Å². The average molecular weight is 416 g/mol. The maximum absolute atomic E-state index is 9.58. The third-order valence-electron chi connectivity index (χ3n) is 5.21. The normalized spacial score (nSPS) is 17.1. The number of anilines is 1. The molecule has 0 bridgehead atoms. The lowest BCUT2D eigenvalue weighted by Gasteiger charge is -2.42. The molecule has 1 fully saturated rings. The molecule has 0 aromatic heterocycles. The van der Waals surface area contributed by atoms with Gasteiger partial charge in [0.25, 0.3) is 0 Å². The van der Waals surface area contributed by atoms with Crippen LogP contribution in [0.15, 0.2) is 48.5 Å². The van der Waals surface area contributed by atoms with Crippen LogP contribution in [0.4, 0.5) is 5.69 Å². The molecule has 1 aliphatic heterocycles. The minimum Gasteiger partial charge on any atom is -0.493 e. The van der Waals surface area contributed by atoms with E-state index in [1.807, 2.05) is 42.5 Å². The lowest BCUT2D eigenvalue weighted by atomic mass is 10.1. The molecule has 0 radical (unpaired) electrons. The number of para-hydroxylation sites is 1. The summed E-state index contributed by atoms with van der Waals surface area (Å²) in [5, 5.41) is 13.6. The van der Waals surface area contributed by atoms with Crippen molar-refractivity contribution in [3.63, 3.8) is 0 Å². The third-order valence-corrected chi connectivity index (χ3v) is 5.57. The number of thiocarbonyl (C=S) groups is 1. The van der Waals surface area contributed by atoms with Crippen molar-refractivity contribution in [2.24, 2.45) is 0 Å². The van der Waals surface area contributed by atoms with Crippen molar-refractivity contribution in [1.82, 2.24) is 9.80 Å². The standard InChI is InChI=1S/C22H29N3O3S/c1-27-20-9-8-17(14-21(20)28-2)15-24-11-12-25(16-19(24)10-13-26)22(29)23-18-6-4-3-5-7-18/h3-9,14,19,26H,10-13,15-16H2,1-2H3,(H,23,29)/t19-/m1/s1. The Labute approximate surface area is 178 Å². The molecule has 0 amide bonds. The van der Waals surface area contributed by atoms with Gasteiger partial charge in [-0.15, -0.1) is 0 Å². The van der Waals surface area contributed by atoms with Gasteiger partial charge in [0.15, 0.2) is 16.6 Å². The fourth-order valence-corrected chi connectivity index (χ4v) is 3.93. The number of rotatable bonds is 7. The van der Waals surface area contributed by atoms with Gasteiger partial charge in [0.2, 0.25) is 0 Å². The van der Waals surface area contributed by atoms with Gasteiger partial charge in [0, 0.05) is 44.5 Å². The van der Waals surface area contributed by atoms with Gasteiger partial charge in [-0.3, -0.25) is 4.90 Å². The SMILES string of the molecule is COc1ccc(CN2CCN(C(=S)Nc3ccccc3)C[C@H]2CCO)cc1OC. The first-order chi connectivity index (χ1) is 14.1. The van der Waals surface area contributed by atoms with E-state index in [0.717, 1.165) is 54.0 Å². The molecule has 29 heavy (non-hydrogen) atoms. The van der Waals surface area contributed by atoms with Gasteiger partial charge >= 0.3 is 0 Å². The van der Waals surface area contributed by atoms with E-state index in [1.54, 1.807) is 14.2 Å². The third kappa shape index (κ3) is 5.59. The first-order valence-corrected chi connectivity index (χ1v) is 10.2. The summed E-state index contributed by atoms with van der Waals surface area (Å²) in [6.45, 7) is 3.44. The topological polar surface area (TPSA) is 57.2 Å². The van der Waals surface area contributed by atoms with E-state index in [-0.39, 0.29) is 12.6 Å². The molecule has 1 heterocycles. The number of hydrogen-bond acceptors (Lipinski definition) is 5. The van der Waals surface area contributed by atoms with Crippen molar-refractivity contribution < 1.29 is 14.6 Å². The smallest absolute Gasteiger partial charge is 0.173 e. The molecule has 7 heteroatoms. The largest absolute Gasteiger partial charge is 0.493 e. The van der Waals surface area contributed by atoms with Crippen LogP contribution in [0, 0.1) is 0 Å². The quantitative estimate of drug-likeness (QED) is 0.674. The summed E-state index contributed by atoms with van der Waals surface area (Å²) in [6.07, 6.45) is 0.706. The molecular weight excluding hydrogens is 386 g/mol. The zero-order valence-electron chi connectivity index (χ0n) is 17.0. The molecule has 0 unspecified atom stereocenters. The van der Waals surface area contributed by atoms with Crippen LogP contribution < -0.4 is 14.8 Å². The number of aliphatic hydroxyl groups is 1. The first-order valence-electron chi connectivity index (χ1n) is 9.81. The van der Waals surface area contributed by atoms with Gasteiger partial charge in [-0.2, -0.15) is 0 Å². The molecule has 1 atom stereocenters. The molecule has 2 N–H and O–H groups in total. The van der Waals surface area contributed by atoms with Crippen molar-refractivity contribution in [3.05, 3.63) is 54.1 Å². The fraction of sp³-hybridized carbons (Fsp3) is 0.409. The van der Waals surface area contributed by atoms with E-state index in [4.69, 9.17) is 21.7 Å². The predicted octanol–water partition coefficient (Wildman–Crippen LogP) is 2.97. The van der Waals surface area contributed by atoms with Crippen LogP contribution >= 0.6 is 12.2 Å². The minimum absolute atomic E-state index is 0.153. The van der Waals surface area contributed by atoms with E-state index in [2.05, 4.69) is 21.2 Å². The highest BCUT2D eigenvalue weighted by Gasteiger charge is 2.28. The number of piperazine rings is 1. The molecule has 156 valence electrons. The molecule has 2 aromatic carbocycles. The molecule has 0 spiro atoms. The molecule has 1 saturated heterocycles. The number of nitrogens with zero attached hydrogens (tertiary/aromatic N) is 2. The summed E-state index contributed by atoms with van der Waals surface area (Å²) in [6, 6.07) is 16.2. The Balaban J connectivity index is 1.65. The van der Waals surface area contributed by atoms with E-state index >= 15 is 0 Å². The molecular formula is C22H29N3O3S. The predicted molar refractivity (Wildman–Crippen MR) is 120 cm³/mol. The number of benzene rings is 2. The summed E-state index contributed by atoms with van der Waals surface area (Å²) < 4.78 is 10.8. The van der Waals surface area contributed by atoms with Crippen LogP contribution in [0.25, 0.3) is 0 Å². The van der Waals surface area contributed by atoms with Crippen LogP contribution in [0.2, 0.25) is 0 Å². The molecule has 2 aromatic rings. The molecule has 6 nitrogen and oxygen atoms in total. The number of aliphatic hydroxyl groups excluding tert-OH is 1. The number of hydrogen-bond donors (Lipinski definition) is 2. The Morgan fingerprint density at radius 3 is 2.55 bits per heavy atom. The van der Waals surface area contributed by atoms with E-state index in [9.17, 15) is 5.11 Å². The van der Waals surface area contributed by atoms with Gasteiger partial charge in [0.05, 0.1) is 14.2 Å². The monoisotopic (exact) mass is 415 g/mol. The molecule has 0 aliphatic carbocycles. The van der Waals surface area contributed by atoms with Crippen molar-refractivity contribution in [2.75, 3.05) is 45.8 Å². The summed E-state index contributed by atoms with van der Waals surface area (Å²) in [4.78, 5) is 4.59. The van der Waals surface area contributed by atoms with Gasteiger partial charge in [-0.25, -0.2) is 0 Å². The number of ether oxygens (including phenoxy) is 2. The zero-order chi connectivity index (χ0) is 20.6. The summed E-state index contributed by atoms with van der Waals surface area (Å²) in [5.74, 6) is 1.46. The van der Waals surface area contributed by atoms with Crippen molar-refractivity contribution in [1.29, 1.82) is 0 Å². The van der Waals surface area contributed by atoms with Gasteiger partial charge in [-0.1, -0.05) is 24.3 Å². The summed E-state index contributed by atoms with van der Waals surface area (Å²) in [7, 11) is 3.29. The van der Waals surface area contributed by atoms with Crippen LogP contribution in [0.5, 0.6) is 11.5 Å². The Morgan fingerprint density at radius 1 is 1.10 bits per heavy atom. The van der Waals surface area contributed by atoms with Crippen LogP contribution in [-0.4, -0.2) is 66.5 Å². The second-order valence-electron chi connectivity index (χ2n) is 7.07. The van der Waals surface area contributed by atoms with E-state index in [0.29, 0.717) is 6.42 Å². The van der Waals surface area contributed by atoms with Crippen molar-refractivity contribution in [2.45, 2.75) is 19.0 Å². The molecule has 0 saturated carbocycles. The fourth-order valence-electron chi connectivity index (χ4n) is 3.65. The van der Waals surface area contributed by atoms with Crippen LogP contribution in [0.3, 0.4) is 0 Å². The second kappa shape index (κ2) is 10.4. The van der Waals surface area contributed by atoms with Crippen molar-refractivity contribution in [3.8, 4) is 11.5 Å². The van der Waals surface area contributed by atoms with Gasteiger partial charge in [0.1, 0.15) is 0 Å². The summed E-state index contributed by atoms with van der Waals surface area (Å²) in [5.41, 5.74) is 2.15. The minimum atomic E-state index is 0.153. The Kier molecular flexibility index (Phi) is 7.69. The molecule has 3 rings (SSSR count). The van der Waals surface area contributed by atoms with E-state index in [1.165, 1.54) is 0 Å². The number of methoxy groups -OCH3 is 2. The highest BCUT2D eigenvalue weighted by molar-refractivity contribution is 7.80. The second-order valence-corrected chi connectivity index (χ2v) is 7.45. The van der Waals surface area contributed by atoms with E-state index < -0.39 is 0 Å². The van der Waals surface area contributed by atoms with Crippen LogP contribution in [0.1, 0.15) is 12.0 Å². The average Bonchev–Trinajstić information content (AvgIpc) is 2.75. The highest BCUT2D eigenvalue weighted by atomic mass is 32.1. The Bertz CT molecular complexity index is 803. The zero-order valence-corrected chi connectivity index (χ0v) is 17.8. The van der Waals surface area contributed by atoms with Crippen LogP contribution in [-0.2, 0) is 6.54 Å². The lowest BCUT2D eigenvalue weighted by Crippen LogP contribution is -2.55. The van der Waals surface area contributed by atoms with Gasteiger partial charge in [-0.05, 0) is 48.5 Å². The highest BCUT2D eigenvalue weighted by Crippen LogP contribution is 2.29. The Morgan fingerprint density at radius 2 is 1.86 bits per heavy atom. The number of nitrogens with one attached hydrogen (secondary N) is 1. The van der Waals surface area contributed by atoms with Gasteiger partial charge < -0.3 is 24.8 Å². The Hall–Kier alpha value is -2.35. The maximum atomic E-state index is 9.58.